The van der Waals surface area contributed by atoms with Crippen molar-refractivity contribution in [2.45, 2.75) is 52.4 Å². The molecule has 32 heavy (non-hydrogen) atoms. The molecule has 0 spiro atoms. The molecule has 4 rings (SSSR count). The Kier molecular flexibility index (Phi) is 6.17. The highest BCUT2D eigenvalue weighted by atomic mass is 32.1. The number of amides is 2. The molecule has 10 nitrogen and oxygen atoms in total. The SMILES string of the molecule is Cc1nc2ncnn2c(C)c1CCC(=O)OCC(=O)Nc1sc2c(c1C(N)=O)CCCC2. The fourth-order valence-corrected chi connectivity index (χ4v) is 5.35. The number of rotatable bonds is 7. The van der Waals surface area contributed by atoms with E-state index < -0.39 is 24.4 Å². The fraction of sp³-hybridized carbons (Fsp3) is 0.429. The summed E-state index contributed by atoms with van der Waals surface area (Å²) < 4.78 is 6.76. The largest absolute Gasteiger partial charge is 0.456 e. The van der Waals surface area contributed by atoms with Crippen LogP contribution in [-0.4, -0.2) is 44.0 Å². The third kappa shape index (κ3) is 4.33. The van der Waals surface area contributed by atoms with Crippen molar-refractivity contribution in [3.63, 3.8) is 0 Å². The van der Waals surface area contributed by atoms with Gasteiger partial charge in [0.25, 0.3) is 17.6 Å². The van der Waals surface area contributed by atoms with Crippen LogP contribution in [0.15, 0.2) is 6.33 Å². The van der Waals surface area contributed by atoms with Crippen molar-refractivity contribution in [1.29, 1.82) is 0 Å². The molecule has 3 N–H and O–H groups in total. The number of nitrogens with one attached hydrogen (secondary N) is 1. The maximum absolute atomic E-state index is 12.3. The number of hydrogen-bond donors (Lipinski definition) is 2. The minimum Gasteiger partial charge on any atom is -0.456 e. The van der Waals surface area contributed by atoms with E-state index in [-0.39, 0.29) is 6.42 Å². The van der Waals surface area contributed by atoms with Gasteiger partial charge in [0.1, 0.15) is 11.3 Å². The Morgan fingerprint density at radius 1 is 1.25 bits per heavy atom. The predicted octanol–water partition coefficient (Wildman–Crippen LogP) is 1.89. The summed E-state index contributed by atoms with van der Waals surface area (Å²) in [6.45, 7) is 3.31. The molecule has 11 heteroatoms. The minimum absolute atomic E-state index is 0.0939. The van der Waals surface area contributed by atoms with Crippen molar-refractivity contribution < 1.29 is 19.1 Å². The second kappa shape index (κ2) is 9.03. The van der Waals surface area contributed by atoms with E-state index in [0.717, 1.165) is 53.1 Å². The maximum Gasteiger partial charge on any atom is 0.306 e. The van der Waals surface area contributed by atoms with Gasteiger partial charge in [-0.25, -0.2) is 9.50 Å². The zero-order chi connectivity index (χ0) is 22.8. The van der Waals surface area contributed by atoms with E-state index in [0.29, 0.717) is 22.8 Å². The van der Waals surface area contributed by atoms with Gasteiger partial charge in [0.2, 0.25) is 0 Å². The summed E-state index contributed by atoms with van der Waals surface area (Å²) in [5, 5.41) is 7.25. The smallest absolute Gasteiger partial charge is 0.306 e. The van der Waals surface area contributed by atoms with Gasteiger partial charge in [-0.15, -0.1) is 11.3 Å². The molecule has 0 fully saturated rings. The van der Waals surface area contributed by atoms with E-state index in [1.165, 1.54) is 17.7 Å². The number of hydrogen-bond acceptors (Lipinski definition) is 8. The number of aromatic nitrogens is 4. The van der Waals surface area contributed by atoms with Crippen LogP contribution in [0.5, 0.6) is 0 Å². The van der Waals surface area contributed by atoms with Gasteiger partial charge in [0, 0.05) is 22.7 Å². The average molecular weight is 457 g/mol. The number of anilines is 1. The summed E-state index contributed by atoms with van der Waals surface area (Å²) in [4.78, 5) is 46.0. The lowest BCUT2D eigenvalue weighted by molar-refractivity contribution is -0.147. The van der Waals surface area contributed by atoms with Crippen molar-refractivity contribution in [3.8, 4) is 0 Å². The molecular formula is C21H24N6O4S. The second-order valence-electron chi connectivity index (χ2n) is 7.72. The number of ether oxygens (including phenoxy) is 1. The standard InChI is InChI=1S/C21H24N6O4S/c1-11-13(12(2)27-21(25-11)23-10-24-27)7-8-17(29)31-9-16(28)26-20-18(19(22)30)14-5-3-4-6-15(14)32-20/h10H,3-9H2,1-2H3,(H2,22,30)(H,26,28). The van der Waals surface area contributed by atoms with E-state index in [2.05, 4.69) is 20.4 Å². The topological polar surface area (TPSA) is 142 Å². The number of fused-ring (bicyclic) bond motifs is 2. The Morgan fingerprint density at radius 3 is 2.81 bits per heavy atom. The molecular weight excluding hydrogens is 432 g/mol. The van der Waals surface area contributed by atoms with Crippen LogP contribution in [0.4, 0.5) is 5.00 Å². The van der Waals surface area contributed by atoms with Gasteiger partial charge >= 0.3 is 5.97 Å². The lowest BCUT2D eigenvalue weighted by Gasteiger charge is -2.11. The Labute approximate surface area is 188 Å². The molecule has 168 valence electrons. The minimum atomic E-state index is -0.555. The Morgan fingerprint density at radius 2 is 2.03 bits per heavy atom. The number of primary amides is 1. The number of carbonyl (C=O) groups is 3. The highest BCUT2D eigenvalue weighted by Gasteiger charge is 2.25. The van der Waals surface area contributed by atoms with Crippen molar-refractivity contribution in [1.82, 2.24) is 19.6 Å². The number of carbonyl (C=O) groups excluding carboxylic acids is 3. The molecule has 0 saturated carbocycles. The van der Waals surface area contributed by atoms with Gasteiger partial charge in [0.05, 0.1) is 5.56 Å². The van der Waals surface area contributed by atoms with E-state index in [1.54, 1.807) is 4.52 Å². The Bertz CT molecular complexity index is 1210. The summed E-state index contributed by atoms with van der Waals surface area (Å²) >= 11 is 1.37. The number of esters is 1. The molecule has 0 atom stereocenters. The van der Waals surface area contributed by atoms with Gasteiger partial charge in [-0.2, -0.15) is 10.1 Å². The zero-order valence-corrected chi connectivity index (χ0v) is 18.8. The molecule has 1 aliphatic rings. The highest BCUT2D eigenvalue weighted by molar-refractivity contribution is 7.17. The predicted molar refractivity (Wildman–Crippen MR) is 118 cm³/mol. The monoisotopic (exact) mass is 456 g/mol. The second-order valence-corrected chi connectivity index (χ2v) is 8.83. The van der Waals surface area contributed by atoms with Crippen LogP contribution in [0.3, 0.4) is 0 Å². The van der Waals surface area contributed by atoms with Crippen LogP contribution in [0.1, 0.15) is 57.0 Å². The van der Waals surface area contributed by atoms with Crippen LogP contribution >= 0.6 is 11.3 Å². The third-order valence-corrected chi connectivity index (χ3v) is 6.81. The first-order chi connectivity index (χ1) is 15.3. The summed E-state index contributed by atoms with van der Waals surface area (Å²) in [5.41, 5.74) is 9.38. The van der Waals surface area contributed by atoms with Crippen LogP contribution in [0, 0.1) is 13.8 Å². The molecule has 0 aromatic carbocycles. The number of nitrogens with two attached hydrogens (primary N) is 1. The molecule has 0 unspecified atom stereocenters. The molecule has 0 aliphatic heterocycles. The summed E-state index contributed by atoms with van der Waals surface area (Å²) in [5.74, 6) is -1.05. The van der Waals surface area contributed by atoms with Gasteiger partial charge in [-0.3, -0.25) is 14.4 Å². The lowest BCUT2D eigenvalue weighted by atomic mass is 9.95. The van der Waals surface area contributed by atoms with Crippen molar-refractivity contribution in [2.24, 2.45) is 5.73 Å². The van der Waals surface area contributed by atoms with Gasteiger partial charge in [-0.1, -0.05) is 0 Å². The van der Waals surface area contributed by atoms with Gasteiger partial charge in [-0.05, 0) is 57.1 Å². The molecule has 3 aromatic rings. The van der Waals surface area contributed by atoms with Crippen molar-refractivity contribution in [3.05, 3.63) is 39.3 Å². The van der Waals surface area contributed by atoms with Crippen LogP contribution in [-0.2, 0) is 33.6 Å². The Balaban J connectivity index is 1.34. The lowest BCUT2D eigenvalue weighted by Crippen LogP contribution is -2.23. The first kappa shape index (κ1) is 21.9. The van der Waals surface area contributed by atoms with Crippen molar-refractivity contribution >= 4 is 39.9 Å². The molecule has 3 aromatic heterocycles. The van der Waals surface area contributed by atoms with E-state index >= 15 is 0 Å². The highest BCUT2D eigenvalue weighted by Crippen LogP contribution is 2.37. The van der Waals surface area contributed by atoms with E-state index in [9.17, 15) is 14.4 Å². The Hall–Kier alpha value is -3.34. The molecule has 1 aliphatic carbocycles. The van der Waals surface area contributed by atoms with Gasteiger partial charge < -0.3 is 15.8 Å². The first-order valence-corrected chi connectivity index (χ1v) is 11.2. The number of aryl methyl sites for hydroxylation is 3. The molecule has 0 bridgehead atoms. The normalized spacial score (nSPS) is 13.1. The van der Waals surface area contributed by atoms with E-state index in [1.807, 2.05) is 13.8 Å². The number of nitrogens with zero attached hydrogens (tertiary/aromatic N) is 4. The van der Waals surface area contributed by atoms with Crippen LogP contribution < -0.4 is 11.1 Å². The molecule has 3 heterocycles. The quantitative estimate of drug-likeness (QED) is 0.517. The molecule has 2 amide bonds. The summed E-state index contributed by atoms with van der Waals surface area (Å²) in [6, 6.07) is 0. The van der Waals surface area contributed by atoms with Gasteiger partial charge in [0.15, 0.2) is 6.61 Å². The molecule has 0 radical (unpaired) electrons. The average Bonchev–Trinajstić information content (AvgIpc) is 3.36. The third-order valence-electron chi connectivity index (χ3n) is 5.60. The summed E-state index contributed by atoms with van der Waals surface area (Å²) in [7, 11) is 0. The van der Waals surface area contributed by atoms with Crippen molar-refractivity contribution in [2.75, 3.05) is 11.9 Å². The van der Waals surface area contributed by atoms with Crippen LogP contribution in [0.2, 0.25) is 0 Å². The first-order valence-electron chi connectivity index (χ1n) is 10.4. The van der Waals surface area contributed by atoms with Crippen LogP contribution in [0.25, 0.3) is 5.78 Å². The zero-order valence-electron chi connectivity index (χ0n) is 17.9. The van der Waals surface area contributed by atoms with E-state index in [4.69, 9.17) is 10.5 Å². The maximum atomic E-state index is 12.3. The molecule has 0 saturated heterocycles. The fourth-order valence-electron chi connectivity index (χ4n) is 4.04. The summed E-state index contributed by atoms with van der Waals surface area (Å²) in [6.07, 6.45) is 5.63. The number of thiophene rings is 1.